The predicted molar refractivity (Wildman–Crippen MR) is 68.5 cm³/mol. The second-order valence-corrected chi connectivity index (χ2v) is 4.04. The Labute approximate surface area is 101 Å². The summed E-state index contributed by atoms with van der Waals surface area (Å²) < 4.78 is 0. The van der Waals surface area contributed by atoms with Gasteiger partial charge >= 0.3 is 0 Å². The summed E-state index contributed by atoms with van der Waals surface area (Å²) in [6.45, 7) is 5.99. The van der Waals surface area contributed by atoms with Gasteiger partial charge < -0.3 is 5.73 Å². The molecule has 0 aliphatic carbocycles. The molecule has 0 bridgehead atoms. The first-order valence-electron chi connectivity index (χ1n) is 5.67. The molecule has 2 aromatic heterocycles. The van der Waals surface area contributed by atoms with Gasteiger partial charge in [0, 0.05) is 29.9 Å². The normalized spacial score (nSPS) is 10.5. The zero-order chi connectivity index (χ0) is 12.4. The highest BCUT2D eigenvalue weighted by molar-refractivity contribution is 5.69. The second-order valence-electron chi connectivity index (χ2n) is 4.04. The van der Waals surface area contributed by atoms with Crippen molar-refractivity contribution < 1.29 is 0 Å². The van der Waals surface area contributed by atoms with Crippen molar-refractivity contribution in [3.63, 3.8) is 0 Å². The van der Waals surface area contributed by atoms with Crippen molar-refractivity contribution in [2.45, 2.75) is 27.2 Å². The molecule has 4 nitrogen and oxygen atoms in total. The van der Waals surface area contributed by atoms with Gasteiger partial charge in [-0.3, -0.25) is 4.98 Å². The maximum Gasteiger partial charge on any atom is 0.131 e. The lowest BCUT2D eigenvalue weighted by molar-refractivity contribution is 0.939. The first-order chi connectivity index (χ1) is 8.13. The Bertz CT molecular complexity index is 549. The molecule has 2 heterocycles. The Balaban J connectivity index is 2.67. The van der Waals surface area contributed by atoms with E-state index < -0.39 is 0 Å². The van der Waals surface area contributed by atoms with E-state index in [4.69, 9.17) is 5.73 Å². The molecule has 0 radical (unpaired) electrons. The van der Waals surface area contributed by atoms with Crippen molar-refractivity contribution >= 4 is 5.82 Å². The van der Waals surface area contributed by atoms with E-state index in [-0.39, 0.29) is 0 Å². The Hall–Kier alpha value is -1.97. The minimum Gasteiger partial charge on any atom is -0.383 e. The summed E-state index contributed by atoms with van der Waals surface area (Å²) in [5.41, 5.74) is 9.92. The largest absolute Gasteiger partial charge is 0.383 e. The maximum absolute atomic E-state index is 5.92. The number of nitrogens with two attached hydrogens (primary N) is 1. The first-order valence-corrected chi connectivity index (χ1v) is 5.67. The van der Waals surface area contributed by atoms with Crippen LogP contribution in [0.1, 0.15) is 23.9 Å². The SMILES string of the molecule is CCc1nc(N)c(C)c(-c2ccncc2C)n1. The van der Waals surface area contributed by atoms with Gasteiger partial charge in [-0.25, -0.2) is 9.97 Å². The molecule has 2 N–H and O–H groups in total. The van der Waals surface area contributed by atoms with Gasteiger partial charge in [-0.15, -0.1) is 0 Å². The highest BCUT2D eigenvalue weighted by Gasteiger charge is 2.11. The number of rotatable bonds is 2. The van der Waals surface area contributed by atoms with Gasteiger partial charge in [-0.05, 0) is 25.5 Å². The Morgan fingerprint density at radius 1 is 1.24 bits per heavy atom. The number of nitrogens with zero attached hydrogens (tertiary/aromatic N) is 3. The summed E-state index contributed by atoms with van der Waals surface area (Å²) in [7, 11) is 0. The van der Waals surface area contributed by atoms with Crippen molar-refractivity contribution in [3.8, 4) is 11.3 Å². The van der Waals surface area contributed by atoms with Crippen molar-refractivity contribution in [1.82, 2.24) is 15.0 Å². The monoisotopic (exact) mass is 228 g/mol. The van der Waals surface area contributed by atoms with Gasteiger partial charge in [0.15, 0.2) is 0 Å². The highest BCUT2D eigenvalue weighted by atomic mass is 15.0. The minimum atomic E-state index is 0.558. The van der Waals surface area contributed by atoms with E-state index in [9.17, 15) is 0 Å². The van der Waals surface area contributed by atoms with Gasteiger partial charge in [-0.1, -0.05) is 6.92 Å². The predicted octanol–water partition coefficient (Wildman–Crippen LogP) is 2.30. The summed E-state index contributed by atoms with van der Waals surface area (Å²) in [4.78, 5) is 12.9. The molecule has 0 saturated heterocycles. The van der Waals surface area contributed by atoms with E-state index in [1.165, 1.54) is 0 Å². The number of anilines is 1. The highest BCUT2D eigenvalue weighted by Crippen LogP contribution is 2.26. The number of pyridine rings is 1. The van der Waals surface area contributed by atoms with E-state index in [1.807, 2.05) is 33.0 Å². The van der Waals surface area contributed by atoms with Crippen LogP contribution in [0.3, 0.4) is 0 Å². The topological polar surface area (TPSA) is 64.7 Å². The van der Waals surface area contributed by atoms with E-state index >= 15 is 0 Å². The molecule has 0 unspecified atom stereocenters. The van der Waals surface area contributed by atoms with Gasteiger partial charge in [0.05, 0.1) is 5.69 Å². The van der Waals surface area contributed by atoms with Crippen LogP contribution in [-0.2, 0) is 6.42 Å². The summed E-state index contributed by atoms with van der Waals surface area (Å²) in [5, 5.41) is 0. The van der Waals surface area contributed by atoms with Crippen LogP contribution in [-0.4, -0.2) is 15.0 Å². The average molecular weight is 228 g/mol. The lowest BCUT2D eigenvalue weighted by Gasteiger charge is -2.11. The third kappa shape index (κ3) is 2.11. The fourth-order valence-electron chi connectivity index (χ4n) is 1.74. The van der Waals surface area contributed by atoms with Gasteiger partial charge in [-0.2, -0.15) is 0 Å². The molecule has 0 aromatic carbocycles. The smallest absolute Gasteiger partial charge is 0.131 e. The van der Waals surface area contributed by atoms with E-state index in [1.54, 1.807) is 6.20 Å². The molecule has 0 aliphatic heterocycles. The van der Waals surface area contributed by atoms with Crippen molar-refractivity contribution in [2.75, 3.05) is 5.73 Å². The van der Waals surface area contributed by atoms with E-state index in [2.05, 4.69) is 15.0 Å². The molecule has 88 valence electrons. The standard InChI is InChI=1S/C13H16N4/c1-4-11-16-12(9(3)13(14)17-11)10-5-6-15-7-8(10)2/h5-7H,4H2,1-3H3,(H2,14,16,17). The third-order valence-corrected chi connectivity index (χ3v) is 2.82. The Kier molecular flexibility index (Phi) is 3.04. The van der Waals surface area contributed by atoms with Crippen LogP contribution in [0.25, 0.3) is 11.3 Å². The van der Waals surface area contributed by atoms with Crippen molar-refractivity contribution in [1.29, 1.82) is 0 Å². The van der Waals surface area contributed by atoms with Gasteiger partial charge in [0.1, 0.15) is 11.6 Å². The van der Waals surface area contributed by atoms with Crippen molar-refractivity contribution in [2.24, 2.45) is 0 Å². The Morgan fingerprint density at radius 3 is 2.65 bits per heavy atom. The number of hydrogen-bond acceptors (Lipinski definition) is 4. The molecule has 0 saturated carbocycles. The molecule has 0 atom stereocenters. The van der Waals surface area contributed by atoms with Gasteiger partial charge in [0.25, 0.3) is 0 Å². The maximum atomic E-state index is 5.92. The molecular formula is C13H16N4. The zero-order valence-electron chi connectivity index (χ0n) is 10.4. The van der Waals surface area contributed by atoms with Crippen molar-refractivity contribution in [3.05, 3.63) is 35.4 Å². The zero-order valence-corrected chi connectivity index (χ0v) is 10.4. The summed E-state index contributed by atoms with van der Waals surface area (Å²) >= 11 is 0. The molecular weight excluding hydrogens is 212 g/mol. The molecule has 0 amide bonds. The van der Waals surface area contributed by atoms with Crippen LogP contribution in [0.2, 0.25) is 0 Å². The van der Waals surface area contributed by atoms with Crippen LogP contribution >= 0.6 is 0 Å². The van der Waals surface area contributed by atoms with Gasteiger partial charge in [0.2, 0.25) is 0 Å². The summed E-state index contributed by atoms with van der Waals surface area (Å²) in [6, 6.07) is 1.96. The number of nitrogen functional groups attached to an aromatic ring is 1. The van der Waals surface area contributed by atoms with E-state index in [0.29, 0.717) is 5.82 Å². The number of hydrogen-bond donors (Lipinski definition) is 1. The fourth-order valence-corrected chi connectivity index (χ4v) is 1.74. The van der Waals surface area contributed by atoms with Crippen LogP contribution in [0, 0.1) is 13.8 Å². The summed E-state index contributed by atoms with van der Waals surface area (Å²) in [6.07, 6.45) is 4.38. The second kappa shape index (κ2) is 4.49. The molecule has 0 spiro atoms. The number of aryl methyl sites for hydroxylation is 2. The van der Waals surface area contributed by atoms with Crippen LogP contribution in [0.4, 0.5) is 5.82 Å². The number of aromatic nitrogens is 3. The first kappa shape index (κ1) is 11.5. The minimum absolute atomic E-state index is 0.558. The molecule has 2 aromatic rings. The Morgan fingerprint density at radius 2 is 2.00 bits per heavy atom. The van der Waals surface area contributed by atoms with Crippen LogP contribution in [0.15, 0.2) is 18.5 Å². The molecule has 4 heteroatoms. The molecule has 0 aliphatic rings. The van der Waals surface area contributed by atoms with Crippen LogP contribution in [0.5, 0.6) is 0 Å². The molecule has 0 fully saturated rings. The molecule has 17 heavy (non-hydrogen) atoms. The van der Waals surface area contributed by atoms with Crippen LogP contribution < -0.4 is 5.73 Å². The lowest BCUT2D eigenvalue weighted by Crippen LogP contribution is -2.04. The molecule has 2 rings (SSSR count). The quantitative estimate of drug-likeness (QED) is 0.856. The third-order valence-electron chi connectivity index (χ3n) is 2.82. The average Bonchev–Trinajstić information content (AvgIpc) is 2.33. The fraction of sp³-hybridized carbons (Fsp3) is 0.308. The summed E-state index contributed by atoms with van der Waals surface area (Å²) in [5.74, 6) is 1.34. The lowest BCUT2D eigenvalue weighted by atomic mass is 10.0. The van der Waals surface area contributed by atoms with E-state index in [0.717, 1.165) is 34.6 Å².